The fourth-order valence-corrected chi connectivity index (χ4v) is 7.77. The van der Waals surface area contributed by atoms with E-state index in [1.54, 1.807) is 13.0 Å². The lowest BCUT2D eigenvalue weighted by molar-refractivity contribution is -0.362. The molecule has 0 aromatic heterocycles. The molecule has 4 rings (SSSR count). The van der Waals surface area contributed by atoms with E-state index in [1.165, 1.54) is 25.0 Å². The molecule has 0 aromatic rings. The molecule has 0 amide bonds. The van der Waals surface area contributed by atoms with Gasteiger partial charge in [0.15, 0.2) is 25.2 Å². The lowest BCUT2D eigenvalue weighted by atomic mass is 9.96. The molecule has 4 heterocycles. The summed E-state index contributed by atoms with van der Waals surface area (Å²) in [6.45, 7) is 13.6. The second-order valence-corrected chi connectivity index (χ2v) is 17.7. The van der Waals surface area contributed by atoms with Gasteiger partial charge in [-0.25, -0.2) is 0 Å². The molecule has 0 aromatic carbocycles. The zero-order chi connectivity index (χ0) is 47.6. The maximum atomic E-state index is 11.2. The molecule has 4 aliphatic rings. The lowest BCUT2D eigenvalue weighted by Gasteiger charge is -2.46. The average Bonchev–Trinajstić information content (AvgIpc) is 3.26. The van der Waals surface area contributed by atoms with Gasteiger partial charge in [-0.2, -0.15) is 0 Å². The number of rotatable bonds is 21. The first-order valence-corrected chi connectivity index (χ1v) is 22.0. The Morgan fingerprint density at radius 2 is 1.03 bits per heavy atom. The molecule has 0 radical (unpaired) electrons. The van der Waals surface area contributed by atoms with Crippen LogP contribution in [0.5, 0.6) is 0 Å². The second-order valence-electron chi connectivity index (χ2n) is 17.7. The molecule has 0 saturated carbocycles. The first kappa shape index (κ1) is 54.8. The largest absolute Gasteiger partial charge is 0.394 e. The van der Waals surface area contributed by atoms with E-state index in [0.717, 1.165) is 31.3 Å². The van der Waals surface area contributed by atoms with Gasteiger partial charge >= 0.3 is 0 Å². The number of allylic oxidation sites excluding steroid dienone is 5. The Hall–Kier alpha value is -1.84. The smallest absolute Gasteiger partial charge is 0.187 e. The SMILES string of the molecule is C=C[C@](C)(CC/C=C(\C)CC/C=C(\C)CC/C=C(/C)CO[C@@H]1O[C@@H](C)[C@H](O)[C@@H](O[C@@H]2O[C@H](CO[C@@H]3O[C@@H](C)[C@H](O)[C@@H](O)[C@H]3O)[C@@H](O)[C@H](O)[C@H]2O)[C@H]1O)O[C@@H]1O[C@H](CO)[C@@H](O)[C@H](O)[C@H]1O. The van der Waals surface area contributed by atoms with E-state index in [9.17, 15) is 61.3 Å². The van der Waals surface area contributed by atoms with Crippen molar-refractivity contribution in [2.75, 3.05) is 19.8 Å². The van der Waals surface area contributed by atoms with E-state index in [2.05, 4.69) is 25.7 Å². The summed E-state index contributed by atoms with van der Waals surface area (Å²) in [4.78, 5) is 0. The van der Waals surface area contributed by atoms with Crippen molar-refractivity contribution in [1.82, 2.24) is 0 Å². The molecule has 12 N–H and O–H groups in total. The quantitative estimate of drug-likeness (QED) is 0.0580. The van der Waals surface area contributed by atoms with Crippen LogP contribution in [0.15, 0.2) is 47.6 Å². The van der Waals surface area contributed by atoms with Gasteiger partial charge < -0.3 is 99.2 Å². The van der Waals surface area contributed by atoms with E-state index in [1.807, 2.05) is 19.9 Å². The molecule has 4 saturated heterocycles. The van der Waals surface area contributed by atoms with Crippen LogP contribution in [0.2, 0.25) is 0 Å². The Labute approximate surface area is 374 Å². The minimum atomic E-state index is -1.82. The molecular weight excluding hydrogens is 848 g/mol. The van der Waals surface area contributed by atoms with Crippen molar-refractivity contribution in [3.63, 3.8) is 0 Å². The summed E-state index contributed by atoms with van der Waals surface area (Å²) in [7, 11) is 0. The summed E-state index contributed by atoms with van der Waals surface area (Å²) in [5.41, 5.74) is 2.32. The second kappa shape index (κ2) is 25.0. The fourth-order valence-electron chi connectivity index (χ4n) is 7.77. The van der Waals surface area contributed by atoms with Crippen LogP contribution in [0.1, 0.15) is 80.1 Å². The summed E-state index contributed by atoms with van der Waals surface area (Å²) < 4.78 is 45.5. The predicted octanol–water partition coefficient (Wildman–Crippen LogP) is -1.55. The van der Waals surface area contributed by atoms with Crippen LogP contribution in [0, 0.1) is 0 Å². The topological polar surface area (TPSA) is 317 Å². The average molecular weight is 923 g/mol. The number of aliphatic hydroxyl groups is 12. The molecule has 20 nitrogen and oxygen atoms in total. The summed E-state index contributed by atoms with van der Waals surface area (Å²) in [5, 5.41) is 124. The zero-order valence-electron chi connectivity index (χ0n) is 37.6. The number of hydrogen-bond donors (Lipinski definition) is 12. The van der Waals surface area contributed by atoms with Crippen molar-refractivity contribution < 1.29 is 99.2 Å². The third kappa shape index (κ3) is 14.3. The molecule has 0 bridgehead atoms. The van der Waals surface area contributed by atoms with E-state index >= 15 is 0 Å². The maximum absolute atomic E-state index is 11.2. The van der Waals surface area contributed by atoms with Crippen molar-refractivity contribution in [3.8, 4) is 0 Å². The first-order chi connectivity index (χ1) is 30.1. The Morgan fingerprint density at radius 1 is 0.547 bits per heavy atom. The maximum Gasteiger partial charge on any atom is 0.187 e. The third-order valence-electron chi connectivity index (χ3n) is 12.3. The molecule has 64 heavy (non-hydrogen) atoms. The highest BCUT2D eigenvalue weighted by Gasteiger charge is 2.51. The summed E-state index contributed by atoms with van der Waals surface area (Å²) in [5.74, 6) is 0. The molecule has 20 heteroatoms. The van der Waals surface area contributed by atoms with Crippen molar-refractivity contribution >= 4 is 0 Å². The van der Waals surface area contributed by atoms with Crippen molar-refractivity contribution in [2.45, 2.75) is 208 Å². The predicted molar refractivity (Wildman–Crippen MR) is 225 cm³/mol. The van der Waals surface area contributed by atoms with Gasteiger partial charge in [-0.15, -0.1) is 6.58 Å². The Morgan fingerprint density at radius 3 is 1.62 bits per heavy atom. The van der Waals surface area contributed by atoms with Gasteiger partial charge in [-0.05, 0) is 80.1 Å². The Balaban J connectivity index is 1.20. The number of aliphatic hydroxyl groups excluding tert-OH is 12. The lowest BCUT2D eigenvalue weighted by Crippen LogP contribution is -2.64. The highest BCUT2D eigenvalue weighted by Crippen LogP contribution is 2.32. The van der Waals surface area contributed by atoms with Gasteiger partial charge in [0.1, 0.15) is 85.5 Å². The molecule has 370 valence electrons. The van der Waals surface area contributed by atoms with Crippen LogP contribution in [0.25, 0.3) is 0 Å². The van der Waals surface area contributed by atoms with Gasteiger partial charge in [-0.3, -0.25) is 0 Å². The van der Waals surface area contributed by atoms with Gasteiger partial charge in [0.05, 0.1) is 37.6 Å². The van der Waals surface area contributed by atoms with Crippen LogP contribution in [0.4, 0.5) is 0 Å². The minimum absolute atomic E-state index is 0.0782. The highest BCUT2D eigenvalue weighted by atomic mass is 16.8. The molecule has 21 atom stereocenters. The molecule has 0 aliphatic carbocycles. The molecule has 0 unspecified atom stereocenters. The number of hydrogen-bond acceptors (Lipinski definition) is 20. The third-order valence-corrected chi connectivity index (χ3v) is 12.3. The first-order valence-electron chi connectivity index (χ1n) is 22.0. The zero-order valence-corrected chi connectivity index (χ0v) is 37.6. The van der Waals surface area contributed by atoms with Gasteiger partial charge in [-0.1, -0.05) is 41.0 Å². The summed E-state index contributed by atoms with van der Waals surface area (Å²) in [6, 6.07) is 0. The van der Waals surface area contributed by atoms with Crippen LogP contribution in [-0.4, -0.2) is 210 Å². The van der Waals surface area contributed by atoms with Crippen molar-refractivity contribution in [3.05, 3.63) is 47.6 Å². The molecule has 4 fully saturated rings. The van der Waals surface area contributed by atoms with E-state index < -0.39 is 142 Å². The Bertz CT molecular complexity index is 1530. The van der Waals surface area contributed by atoms with Crippen molar-refractivity contribution in [1.29, 1.82) is 0 Å². The summed E-state index contributed by atoms with van der Waals surface area (Å²) >= 11 is 0. The normalized spacial score (nSPS) is 42.6. The Kier molecular flexibility index (Phi) is 21.4. The summed E-state index contributed by atoms with van der Waals surface area (Å²) in [6.07, 6.45) is -16.5. The highest BCUT2D eigenvalue weighted by molar-refractivity contribution is 5.07. The molecular formula is C44H74O20. The van der Waals surface area contributed by atoms with Crippen LogP contribution < -0.4 is 0 Å². The van der Waals surface area contributed by atoms with Gasteiger partial charge in [0.2, 0.25) is 0 Å². The minimum Gasteiger partial charge on any atom is -0.394 e. The number of ether oxygens (including phenoxy) is 8. The van der Waals surface area contributed by atoms with Gasteiger partial charge in [0, 0.05) is 0 Å². The van der Waals surface area contributed by atoms with Crippen LogP contribution in [0.3, 0.4) is 0 Å². The molecule has 4 aliphatic heterocycles. The van der Waals surface area contributed by atoms with E-state index in [0.29, 0.717) is 12.8 Å². The van der Waals surface area contributed by atoms with E-state index in [4.69, 9.17) is 37.9 Å². The fraction of sp³-hybridized carbons (Fsp3) is 0.818. The van der Waals surface area contributed by atoms with Gasteiger partial charge in [0.25, 0.3) is 0 Å². The van der Waals surface area contributed by atoms with E-state index in [-0.39, 0.29) is 6.61 Å². The van der Waals surface area contributed by atoms with Crippen molar-refractivity contribution in [2.24, 2.45) is 0 Å². The standard InChI is InChI=1S/C44H74O20/c1-8-44(7,64-43-37(55)33(51)30(48)26(18-45)61-43)17-11-16-22(3)13-9-12-21(2)14-10-15-23(4)19-57-41-38(56)39(29(47)25(6)60-41)63-42-36(54)34(52)31(49)27(62-42)20-58-40-35(53)32(50)28(46)24(5)59-40/h8,12,15-16,24-43,45-56H,1,9-11,13-14,17-20H2,2-7H3/b21-12+,22-16+,23-15-/t24-,25-,26+,27+,28-,29-,30+,31+,32+,33-,34-,35+,36+,37+,38+,39+,40+,41+,42-,43-,44+/m0/s1. The molecule has 0 spiro atoms. The van der Waals surface area contributed by atoms with Crippen LogP contribution in [-0.2, 0) is 37.9 Å². The van der Waals surface area contributed by atoms with Crippen LogP contribution >= 0.6 is 0 Å². The monoisotopic (exact) mass is 922 g/mol.